The molecule has 2 N–H and O–H groups in total. The third kappa shape index (κ3) is 3.12. The second-order valence-corrected chi connectivity index (χ2v) is 6.20. The average molecular weight is 301 g/mol. The first-order chi connectivity index (χ1) is 10.3. The molecule has 0 aliphatic heterocycles. The van der Waals surface area contributed by atoms with Gasteiger partial charge in [0, 0.05) is 23.7 Å². The zero-order valence-corrected chi connectivity index (χ0v) is 12.9. The molecule has 110 valence electrons. The Bertz CT molecular complexity index is 657. The lowest BCUT2D eigenvalue weighted by Crippen LogP contribution is -2.16. The fraction of sp³-hybridized carbons (Fsp3) is 0.389. The largest absolute Gasteiger partial charge is 0.327 e. The highest BCUT2D eigenvalue weighted by atomic mass is 35.5. The molecule has 2 nitrogen and oxygen atoms in total. The standard InChI is InChI=1S/C18H21ClN2/c19-17-9-8-14(18-16(17)7-4-10-21-18)11-15(12-20)13-5-2-1-3-6-13/h4,7-11,13H,1-3,5-6,12,20H2/b15-11-. The molecule has 0 atom stereocenters. The van der Waals surface area contributed by atoms with Crippen LogP contribution < -0.4 is 5.73 Å². The highest BCUT2D eigenvalue weighted by Crippen LogP contribution is 2.32. The van der Waals surface area contributed by atoms with Gasteiger partial charge in [-0.15, -0.1) is 0 Å². The molecule has 1 aliphatic rings. The van der Waals surface area contributed by atoms with Crippen molar-refractivity contribution in [1.29, 1.82) is 0 Å². The second kappa shape index (κ2) is 6.59. The molecule has 0 amide bonds. The van der Waals surface area contributed by atoms with Crippen molar-refractivity contribution in [1.82, 2.24) is 4.98 Å². The van der Waals surface area contributed by atoms with Crippen LogP contribution in [0.25, 0.3) is 17.0 Å². The van der Waals surface area contributed by atoms with E-state index in [-0.39, 0.29) is 0 Å². The number of halogens is 1. The van der Waals surface area contributed by atoms with Crippen molar-refractivity contribution in [2.45, 2.75) is 32.1 Å². The summed E-state index contributed by atoms with van der Waals surface area (Å²) in [4.78, 5) is 4.50. The van der Waals surface area contributed by atoms with E-state index in [0.717, 1.165) is 21.5 Å². The van der Waals surface area contributed by atoms with Crippen molar-refractivity contribution in [3.8, 4) is 0 Å². The number of nitrogens with two attached hydrogens (primary N) is 1. The summed E-state index contributed by atoms with van der Waals surface area (Å²) >= 11 is 6.26. The first-order valence-electron chi connectivity index (χ1n) is 7.73. The van der Waals surface area contributed by atoms with E-state index in [9.17, 15) is 0 Å². The van der Waals surface area contributed by atoms with E-state index in [4.69, 9.17) is 17.3 Å². The van der Waals surface area contributed by atoms with Crippen LogP contribution in [-0.2, 0) is 0 Å². The summed E-state index contributed by atoms with van der Waals surface area (Å²) in [6.07, 6.45) is 10.6. The zero-order chi connectivity index (χ0) is 14.7. The topological polar surface area (TPSA) is 38.9 Å². The van der Waals surface area contributed by atoms with Crippen LogP contribution >= 0.6 is 11.6 Å². The van der Waals surface area contributed by atoms with Crippen LogP contribution in [0.15, 0.2) is 36.0 Å². The molecule has 1 aromatic carbocycles. The number of benzene rings is 1. The van der Waals surface area contributed by atoms with Crippen LogP contribution in [0.1, 0.15) is 37.7 Å². The van der Waals surface area contributed by atoms with Crippen LogP contribution in [0.2, 0.25) is 5.02 Å². The Morgan fingerprint density at radius 2 is 2.05 bits per heavy atom. The maximum Gasteiger partial charge on any atom is 0.0789 e. The lowest BCUT2D eigenvalue weighted by atomic mass is 9.83. The smallest absolute Gasteiger partial charge is 0.0789 e. The van der Waals surface area contributed by atoms with Gasteiger partial charge in [-0.25, -0.2) is 0 Å². The number of aromatic nitrogens is 1. The number of rotatable bonds is 3. The Morgan fingerprint density at radius 1 is 1.24 bits per heavy atom. The summed E-state index contributed by atoms with van der Waals surface area (Å²) in [6, 6.07) is 7.94. The Hall–Kier alpha value is -1.38. The molecular weight excluding hydrogens is 280 g/mol. The molecule has 0 saturated heterocycles. The van der Waals surface area contributed by atoms with E-state index in [2.05, 4.69) is 17.1 Å². The molecule has 0 bridgehead atoms. The number of hydrogen-bond acceptors (Lipinski definition) is 2. The van der Waals surface area contributed by atoms with Crippen molar-refractivity contribution in [3.05, 3.63) is 46.6 Å². The monoisotopic (exact) mass is 300 g/mol. The summed E-state index contributed by atoms with van der Waals surface area (Å²) in [7, 11) is 0. The van der Waals surface area contributed by atoms with Gasteiger partial charge in [0.15, 0.2) is 0 Å². The van der Waals surface area contributed by atoms with E-state index < -0.39 is 0 Å². The predicted octanol–water partition coefficient (Wildman–Crippen LogP) is 4.81. The minimum Gasteiger partial charge on any atom is -0.327 e. The molecule has 2 aromatic rings. The lowest BCUT2D eigenvalue weighted by Gasteiger charge is -2.24. The predicted molar refractivity (Wildman–Crippen MR) is 90.4 cm³/mol. The van der Waals surface area contributed by atoms with E-state index >= 15 is 0 Å². The van der Waals surface area contributed by atoms with Gasteiger partial charge in [-0.2, -0.15) is 0 Å². The quantitative estimate of drug-likeness (QED) is 0.883. The molecule has 3 heteroatoms. The van der Waals surface area contributed by atoms with E-state index in [1.165, 1.54) is 37.7 Å². The van der Waals surface area contributed by atoms with E-state index in [1.807, 2.05) is 24.4 Å². The Balaban J connectivity index is 2.02. The van der Waals surface area contributed by atoms with Gasteiger partial charge in [0.25, 0.3) is 0 Å². The van der Waals surface area contributed by atoms with Crippen LogP contribution in [0, 0.1) is 5.92 Å². The van der Waals surface area contributed by atoms with Crippen molar-refractivity contribution < 1.29 is 0 Å². The first-order valence-corrected chi connectivity index (χ1v) is 8.11. The van der Waals surface area contributed by atoms with Crippen LogP contribution in [0.5, 0.6) is 0 Å². The Labute approximate surface area is 131 Å². The second-order valence-electron chi connectivity index (χ2n) is 5.79. The lowest BCUT2D eigenvalue weighted by molar-refractivity contribution is 0.401. The van der Waals surface area contributed by atoms with Crippen molar-refractivity contribution >= 4 is 28.6 Å². The molecule has 1 heterocycles. The van der Waals surface area contributed by atoms with Crippen LogP contribution in [-0.4, -0.2) is 11.5 Å². The van der Waals surface area contributed by atoms with Crippen LogP contribution in [0.3, 0.4) is 0 Å². The molecule has 0 spiro atoms. The molecule has 21 heavy (non-hydrogen) atoms. The zero-order valence-electron chi connectivity index (χ0n) is 12.2. The molecule has 0 unspecified atom stereocenters. The van der Waals surface area contributed by atoms with Gasteiger partial charge in [-0.3, -0.25) is 4.98 Å². The minimum atomic E-state index is 0.627. The van der Waals surface area contributed by atoms with E-state index in [0.29, 0.717) is 12.5 Å². The SMILES string of the molecule is NC/C(=C/c1ccc(Cl)c2cccnc12)C1CCCCC1. The normalized spacial score (nSPS) is 17.3. The summed E-state index contributed by atoms with van der Waals surface area (Å²) in [5.41, 5.74) is 9.45. The third-order valence-corrected chi connectivity index (χ3v) is 4.78. The molecule has 1 fully saturated rings. The molecule has 1 aliphatic carbocycles. The van der Waals surface area contributed by atoms with Crippen LogP contribution in [0.4, 0.5) is 0 Å². The minimum absolute atomic E-state index is 0.627. The summed E-state index contributed by atoms with van der Waals surface area (Å²) < 4.78 is 0. The molecule has 0 radical (unpaired) electrons. The number of nitrogens with zero attached hydrogens (tertiary/aromatic N) is 1. The van der Waals surface area contributed by atoms with Gasteiger partial charge in [0.05, 0.1) is 10.5 Å². The van der Waals surface area contributed by atoms with Crippen molar-refractivity contribution in [3.63, 3.8) is 0 Å². The average Bonchev–Trinajstić information content (AvgIpc) is 2.55. The Kier molecular flexibility index (Phi) is 4.57. The number of fused-ring (bicyclic) bond motifs is 1. The third-order valence-electron chi connectivity index (χ3n) is 4.45. The molecule has 1 aromatic heterocycles. The van der Waals surface area contributed by atoms with Gasteiger partial charge < -0.3 is 5.73 Å². The molecule has 1 saturated carbocycles. The maximum atomic E-state index is 6.26. The number of pyridine rings is 1. The molecular formula is C18H21ClN2. The fourth-order valence-electron chi connectivity index (χ4n) is 3.29. The van der Waals surface area contributed by atoms with Gasteiger partial charge in [-0.05, 0) is 37.0 Å². The van der Waals surface area contributed by atoms with Gasteiger partial charge in [0.2, 0.25) is 0 Å². The highest BCUT2D eigenvalue weighted by Gasteiger charge is 2.17. The molecule has 3 rings (SSSR count). The number of hydrogen-bond donors (Lipinski definition) is 1. The van der Waals surface area contributed by atoms with Gasteiger partial charge >= 0.3 is 0 Å². The van der Waals surface area contributed by atoms with Gasteiger partial charge in [0.1, 0.15) is 0 Å². The Morgan fingerprint density at radius 3 is 2.81 bits per heavy atom. The highest BCUT2D eigenvalue weighted by molar-refractivity contribution is 6.35. The summed E-state index contributed by atoms with van der Waals surface area (Å²) in [5.74, 6) is 0.637. The maximum absolute atomic E-state index is 6.26. The summed E-state index contributed by atoms with van der Waals surface area (Å²) in [5, 5.41) is 1.76. The van der Waals surface area contributed by atoms with E-state index in [1.54, 1.807) is 0 Å². The first kappa shape index (κ1) is 14.6. The van der Waals surface area contributed by atoms with Crippen molar-refractivity contribution in [2.24, 2.45) is 11.7 Å². The van der Waals surface area contributed by atoms with Crippen molar-refractivity contribution in [2.75, 3.05) is 6.54 Å². The van der Waals surface area contributed by atoms with Gasteiger partial charge in [-0.1, -0.05) is 48.6 Å². The fourth-order valence-corrected chi connectivity index (χ4v) is 3.51. The summed E-state index contributed by atoms with van der Waals surface area (Å²) in [6.45, 7) is 0.627.